The Morgan fingerprint density at radius 2 is 2.21 bits per heavy atom. The zero-order valence-electron chi connectivity index (χ0n) is 11.8. The van der Waals surface area contributed by atoms with Crippen molar-refractivity contribution in [3.05, 3.63) is 35.1 Å². The molecule has 0 aliphatic heterocycles. The molecule has 0 radical (unpaired) electrons. The van der Waals surface area contributed by atoms with E-state index in [2.05, 4.69) is 17.3 Å². The molecule has 0 aromatic heterocycles. The largest absolute Gasteiger partial charge is 0.375 e. The second kappa shape index (κ2) is 6.98. The number of hydrogen-bond acceptors (Lipinski definition) is 3. The third kappa shape index (κ3) is 4.56. The molecule has 19 heavy (non-hydrogen) atoms. The molecule has 1 fully saturated rings. The minimum Gasteiger partial charge on any atom is -0.375 e. The summed E-state index contributed by atoms with van der Waals surface area (Å²) in [4.78, 5) is 2.31. The summed E-state index contributed by atoms with van der Waals surface area (Å²) in [5.74, 6) is -0.185. The van der Waals surface area contributed by atoms with E-state index in [1.54, 1.807) is 6.07 Å². The zero-order chi connectivity index (χ0) is 13.7. The molecule has 1 aromatic rings. The van der Waals surface area contributed by atoms with Gasteiger partial charge in [0, 0.05) is 24.7 Å². The fourth-order valence-corrected chi connectivity index (χ4v) is 2.14. The van der Waals surface area contributed by atoms with Gasteiger partial charge >= 0.3 is 0 Å². The van der Waals surface area contributed by atoms with Crippen molar-refractivity contribution in [2.24, 2.45) is 0 Å². The van der Waals surface area contributed by atoms with Crippen molar-refractivity contribution in [1.82, 2.24) is 10.2 Å². The van der Waals surface area contributed by atoms with E-state index in [1.807, 2.05) is 13.1 Å². The molecule has 0 bridgehead atoms. The number of halogens is 1. The lowest BCUT2D eigenvalue weighted by Gasteiger charge is -2.15. The molecule has 1 aliphatic rings. The quantitative estimate of drug-likeness (QED) is 0.730. The van der Waals surface area contributed by atoms with E-state index in [1.165, 1.54) is 18.9 Å². The van der Waals surface area contributed by atoms with Gasteiger partial charge in [0.2, 0.25) is 0 Å². The van der Waals surface area contributed by atoms with Crippen LogP contribution in [-0.4, -0.2) is 38.2 Å². The SMILES string of the molecule is CNCc1ccc(F)c(COCCN(C)C2CC2)c1. The topological polar surface area (TPSA) is 24.5 Å². The molecule has 1 N–H and O–H groups in total. The van der Waals surface area contributed by atoms with Crippen LogP contribution in [0.2, 0.25) is 0 Å². The van der Waals surface area contributed by atoms with E-state index in [0.717, 1.165) is 24.7 Å². The fraction of sp³-hybridized carbons (Fsp3) is 0.600. The molecule has 0 amide bonds. The lowest BCUT2D eigenvalue weighted by atomic mass is 10.1. The number of ether oxygens (including phenoxy) is 1. The number of nitrogens with zero attached hydrogens (tertiary/aromatic N) is 1. The maximum atomic E-state index is 13.6. The molecule has 106 valence electrons. The second-order valence-corrected chi connectivity index (χ2v) is 5.22. The molecule has 0 heterocycles. The van der Waals surface area contributed by atoms with Crippen molar-refractivity contribution in [1.29, 1.82) is 0 Å². The maximum absolute atomic E-state index is 13.6. The summed E-state index contributed by atoms with van der Waals surface area (Å²) in [6.45, 7) is 2.67. The molecule has 0 spiro atoms. The van der Waals surface area contributed by atoms with Gasteiger partial charge in [0.1, 0.15) is 5.82 Å². The number of rotatable bonds is 8. The van der Waals surface area contributed by atoms with E-state index < -0.39 is 0 Å². The Kier molecular flexibility index (Phi) is 5.31. The van der Waals surface area contributed by atoms with E-state index in [9.17, 15) is 4.39 Å². The van der Waals surface area contributed by atoms with Crippen molar-refractivity contribution in [3.63, 3.8) is 0 Å². The fourth-order valence-electron chi connectivity index (χ4n) is 2.14. The molecule has 4 heteroatoms. The van der Waals surface area contributed by atoms with Crippen molar-refractivity contribution in [3.8, 4) is 0 Å². The van der Waals surface area contributed by atoms with Gasteiger partial charge in [-0.25, -0.2) is 4.39 Å². The summed E-state index contributed by atoms with van der Waals surface area (Å²) in [7, 11) is 4.00. The average molecular weight is 266 g/mol. The molecule has 3 nitrogen and oxygen atoms in total. The Hall–Kier alpha value is -0.970. The van der Waals surface area contributed by atoms with Gasteiger partial charge in [-0.2, -0.15) is 0 Å². The summed E-state index contributed by atoms with van der Waals surface area (Å²) >= 11 is 0. The second-order valence-electron chi connectivity index (χ2n) is 5.22. The smallest absolute Gasteiger partial charge is 0.128 e. The Morgan fingerprint density at radius 3 is 2.89 bits per heavy atom. The molecule has 0 saturated heterocycles. The Bertz CT molecular complexity index is 407. The lowest BCUT2D eigenvalue weighted by molar-refractivity contribution is 0.0959. The third-order valence-electron chi connectivity index (χ3n) is 3.51. The van der Waals surface area contributed by atoms with E-state index in [4.69, 9.17) is 4.74 Å². The van der Waals surface area contributed by atoms with Gasteiger partial charge in [0.25, 0.3) is 0 Å². The molecular formula is C15H23FN2O. The third-order valence-corrected chi connectivity index (χ3v) is 3.51. The van der Waals surface area contributed by atoms with E-state index in [-0.39, 0.29) is 5.82 Å². The van der Waals surface area contributed by atoms with Crippen LogP contribution in [0.5, 0.6) is 0 Å². The van der Waals surface area contributed by atoms with Crippen molar-refractivity contribution in [2.45, 2.75) is 32.0 Å². The molecule has 0 unspecified atom stereocenters. The number of nitrogens with one attached hydrogen (secondary N) is 1. The van der Waals surface area contributed by atoms with Crippen LogP contribution in [0.25, 0.3) is 0 Å². The summed E-state index contributed by atoms with van der Waals surface area (Å²) < 4.78 is 19.2. The van der Waals surface area contributed by atoms with Crippen LogP contribution in [0.3, 0.4) is 0 Å². The first-order valence-corrected chi connectivity index (χ1v) is 6.90. The summed E-state index contributed by atoms with van der Waals surface area (Å²) in [5.41, 5.74) is 1.72. The highest BCUT2D eigenvalue weighted by Gasteiger charge is 2.25. The van der Waals surface area contributed by atoms with Gasteiger partial charge in [0.05, 0.1) is 13.2 Å². The molecule has 2 rings (SSSR count). The Balaban J connectivity index is 1.76. The van der Waals surface area contributed by atoms with Crippen LogP contribution in [-0.2, 0) is 17.9 Å². The molecule has 1 aromatic carbocycles. The normalized spacial score (nSPS) is 15.2. The highest BCUT2D eigenvalue weighted by Crippen LogP contribution is 2.24. The van der Waals surface area contributed by atoms with Crippen LogP contribution >= 0.6 is 0 Å². The van der Waals surface area contributed by atoms with Crippen LogP contribution in [0.15, 0.2) is 18.2 Å². The summed E-state index contributed by atoms with van der Waals surface area (Å²) in [6, 6.07) is 5.94. The first-order valence-electron chi connectivity index (χ1n) is 6.90. The standard InChI is InChI=1S/C15H23FN2O/c1-17-10-12-3-6-15(16)13(9-12)11-19-8-7-18(2)14-4-5-14/h3,6,9,14,17H,4-5,7-8,10-11H2,1-2H3. The molecular weight excluding hydrogens is 243 g/mol. The highest BCUT2D eigenvalue weighted by atomic mass is 19.1. The Labute approximate surface area is 114 Å². The first-order chi connectivity index (χ1) is 9.20. The van der Waals surface area contributed by atoms with Crippen LogP contribution in [0.4, 0.5) is 4.39 Å². The van der Waals surface area contributed by atoms with Gasteiger partial charge in [0.15, 0.2) is 0 Å². The predicted octanol–water partition coefficient (Wildman–Crippen LogP) is 2.16. The highest BCUT2D eigenvalue weighted by molar-refractivity contribution is 5.24. The molecule has 1 saturated carbocycles. The van der Waals surface area contributed by atoms with Crippen LogP contribution in [0.1, 0.15) is 24.0 Å². The number of likely N-dealkylation sites (N-methyl/N-ethyl adjacent to an activating group) is 1. The number of benzene rings is 1. The molecule has 1 aliphatic carbocycles. The van der Waals surface area contributed by atoms with Gasteiger partial charge in [-0.3, -0.25) is 0 Å². The van der Waals surface area contributed by atoms with Crippen molar-refractivity contribution in [2.75, 3.05) is 27.2 Å². The predicted molar refractivity (Wildman–Crippen MR) is 74.5 cm³/mol. The van der Waals surface area contributed by atoms with Gasteiger partial charge < -0.3 is 15.0 Å². The first kappa shape index (κ1) is 14.4. The summed E-state index contributed by atoms with van der Waals surface area (Å²) in [5, 5.41) is 3.06. The van der Waals surface area contributed by atoms with Crippen molar-refractivity contribution >= 4 is 0 Å². The maximum Gasteiger partial charge on any atom is 0.128 e. The lowest BCUT2D eigenvalue weighted by Crippen LogP contribution is -2.25. The number of hydrogen-bond donors (Lipinski definition) is 1. The van der Waals surface area contributed by atoms with Gasteiger partial charge in [-0.05, 0) is 44.6 Å². The van der Waals surface area contributed by atoms with Gasteiger partial charge in [-0.1, -0.05) is 6.07 Å². The van der Waals surface area contributed by atoms with E-state index in [0.29, 0.717) is 18.8 Å². The average Bonchev–Trinajstić information content (AvgIpc) is 3.22. The van der Waals surface area contributed by atoms with Crippen molar-refractivity contribution < 1.29 is 9.13 Å². The minimum atomic E-state index is -0.185. The van der Waals surface area contributed by atoms with Gasteiger partial charge in [-0.15, -0.1) is 0 Å². The monoisotopic (exact) mass is 266 g/mol. The van der Waals surface area contributed by atoms with E-state index >= 15 is 0 Å². The summed E-state index contributed by atoms with van der Waals surface area (Å²) in [6.07, 6.45) is 2.61. The zero-order valence-corrected chi connectivity index (χ0v) is 11.8. The minimum absolute atomic E-state index is 0.185. The van der Waals surface area contributed by atoms with Crippen LogP contribution in [0, 0.1) is 5.82 Å². The Morgan fingerprint density at radius 1 is 1.42 bits per heavy atom. The van der Waals surface area contributed by atoms with Crippen LogP contribution < -0.4 is 5.32 Å². The molecule has 0 atom stereocenters.